The molecule has 0 amide bonds. The van der Waals surface area contributed by atoms with Crippen LogP contribution in [0.2, 0.25) is 0 Å². The van der Waals surface area contributed by atoms with Crippen LogP contribution in [0.25, 0.3) is 0 Å². The van der Waals surface area contributed by atoms with E-state index in [1.54, 1.807) is 18.3 Å². The van der Waals surface area contributed by atoms with Gasteiger partial charge in [0.05, 0.1) is 4.90 Å². The van der Waals surface area contributed by atoms with Crippen LogP contribution in [-0.2, 0) is 10.0 Å². The Morgan fingerprint density at radius 2 is 2.00 bits per heavy atom. The number of sulfonamides is 1. The topological polar surface area (TPSA) is 58.5 Å². The maximum Gasteiger partial charge on any atom is 0.276 e. The molecule has 0 spiro atoms. The Morgan fingerprint density at radius 1 is 1.26 bits per heavy atom. The molecule has 102 valence electrons. The van der Waals surface area contributed by atoms with Crippen molar-refractivity contribution in [3.05, 3.63) is 40.9 Å². The summed E-state index contributed by atoms with van der Waals surface area (Å²) in [6, 6.07) is 6.44. The number of hydrazone groups is 1. The first kappa shape index (κ1) is 14.3. The molecule has 1 N–H and O–H groups in total. The van der Waals surface area contributed by atoms with Gasteiger partial charge in [-0.3, -0.25) is 0 Å². The second-order valence-corrected chi connectivity index (χ2v) is 6.95. The molecule has 0 aliphatic heterocycles. The predicted octanol–water partition coefficient (Wildman–Crippen LogP) is 3.07. The molecule has 2 rings (SSSR count). The fourth-order valence-electron chi connectivity index (χ4n) is 1.82. The van der Waals surface area contributed by atoms with Crippen molar-refractivity contribution in [1.29, 1.82) is 0 Å². The van der Waals surface area contributed by atoms with Gasteiger partial charge in [0.1, 0.15) is 0 Å². The molecule has 19 heavy (non-hydrogen) atoms. The van der Waals surface area contributed by atoms with Gasteiger partial charge in [-0.05, 0) is 49.4 Å². The lowest BCUT2D eigenvalue weighted by Gasteiger charge is -2.12. The van der Waals surface area contributed by atoms with Crippen LogP contribution < -0.4 is 4.83 Å². The number of nitrogens with one attached hydrogen (secondary N) is 1. The lowest BCUT2D eigenvalue weighted by atomic mass is 9.96. The molecule has 1 aromatic carbocycles. The van der Waals surface area contributed by atoms with Crippen molar-refractivity contribution < 1.29 is 8.42 Å². The highest BCUT2D eigenvalue weighted by atomic mass is 79.9. The summed E-state index contributed by atoms with van der Waals surface area (Å²) in [6.07, 6.45) is 8.87. The molecule has 0 fully saturated rings. The number of nitrogens with zero attached hydrogens (tertiary/aromatic N) is 1. The van der Waals surface area contributed by atoms with Crippen molar-refractivity contribution in [2.45, 2.75) is 24.2 Å². The zero-order chi connectivity index (χ0) is 13.7. The van der Waals surface area contributed by atoms with Crippen LogP contribution in [0.4, 0.5) is 0 Å². The van der Waals surface area contributed by atoms with Gasteiger partial charge >= 0.3 is 0 Å². The normalized spacial score (nSPS) is 19.7. The zero-order valence-electron chi connectivity index (χ0n) is 10.3. The SMILES string of the molecule is O=S(=O)(N/N=C\[C@@H]1CC=CCC1)c1ccc(Br)cc1. The van der Waals surface area contributed by atoms with Gasteiger partial charge in [0.15, 0.2) is 0 Å². The lowest BCUT2D eigenvalue weighted by molar-refractivity contribution is 0.582. The number of benzene rings is 1. The molecule has 0 heterocycles. The van der Waals surface area contributed by atoms with Crippen molar-refractivity contribution in [3.8, 4) is 0 Å². The number of rotatable bonds is 4. The van der Waals surface area contributed by atoms with E-state index in [9.17, 15) is 8.42 Å². The highest BCUT2D eigenvalue weighted by Gasteiger charge is 2.12. The van der Waals surface area contributed by atoms with E-state index in [0.717, 1.165) is 23.7 Å². The summed E-state index contributed by atoms with van der Waals surface area (Å²) in [5.41, 5.74) is 0. The average Bonchev–Trinajstić information content (AvgIpc) is 2.40. The maximum absolute atomic E-state index is 11.9. The summed E-state index contributed by atoms with van der Waals surface area (Å²) < 4.78 is 24.7. The summed E-state index contributed by atoms with van der Waals surface area (Å²) in [4.78, 5) is 2.45. The molecule has 4 nitrogen and oxygen atoms in total. The van der Waals surface area contributed by atoms with E-state index in [1.807, 2.05) is 0 Å². The van der Waals surface area contributed by atoms with Gasteiger partial charge < -0.3 is 0 Å². The van der Waals surface area contributed by atoms with Gasteiger partial charge in [-0.2, -0.15) is 13.5 Å². The molecule has 0 saturated heterocycles. The fraction of sp³-hybridized carbons (Fsp3) is 0.308. The van der Waals surface area contributed by atoms with Gasteiger partial charge in [0.2, 0.25) is 0 Å². The monoisotopic (exact) mass is 342 g/mol. The molecular formula is C13H15BrN2O2S. The van der Waals surface area contributed by atoms with Crippen LogP contribution >= 0.6 is 15.9 Å². The highest BCUT2D eigenvalue weighted by Crippen LogP contribution is 2.16. The molecule has 0 saturated carbocycles. The van der Waals surface area contributed by atoms with E-state index in [2.05, 4.69) is 38.0 Å². The van der Waals surface area contributed by atoms with Gasteiger partial charge in [0, 0.05) is 10.7 Å². The smallest absolute Gasteiger partial charge is 0.200 e. The van der Waals surface area contributed by atoms with E-state index in [4.69, 9.17) is 0 Å². The zero-order valence-corrected chi connectivity index (χ0v) is 12.7. The van der Waals surface area contributed by atoms with Gasteiger partial charge in [-0.25, -0.2) is 4.83 Å². The molecule has 1 atom stereocenters. The van der Waals surface area contributed by atoms with Crippen LogP contribution in [0, 0.1) is 5.92 Å². The third-order valence-electron chi connectivity index (χ3n) is 2.89. The molecule has 1 aromatic rings. The van der Waals surface area contributed by atoms with Crippen LogP contribution in [0.5, 0.6) is 0 Å². The summed E-state index contributed by atoms with van der Waals surface area (Å²) in [5.74, 6) is 0.317. The van der Waals surface area contributed by atoms with Gasteiger partial charge in [-0.1, -0.05) is 28.1 Å². The summed E-state index contributed by atoms with van der Waals surface area (Å²) in [7, 11) is -3.56. The quantitative estimate of drug-likeness (QED) is 0.519. The van der Waals surface area contributed by atoms with Crippen molar-refractivity contribution in [1.82, 2.24) is 4.83 Å². The Hall–Kier alpha value is -1.14. The van der Waals surface area contributed by atoms with Crippen molar-refractivity contribution in [2.24, 2.45) is 11.0 Å². The number of halogens is 1. The third kappa shape index (κ3) is 4.18. The first-order valence-electron chi connectivity index (χ1n) is 6.03. The van der Waals surface area contributed by atoms with Crippen LogP contribution in [-0.4, -0.2) is 14.6 Å². The van der Waals surface area contributed by atoms with Crippen LogP contribution in [0.3, 0.4) is 0 Å². The number of hydrogen-bond acceptors (Lipinski definition) is 3. The Bertz CT molecular complexity index is 579. The first-order valence-corrected chi connectivity index (χ1v) is 8.31. The second kappa shape index (κ2) is 6.34. The minimum atomic E-state index is -3.56. The summed E-state index contributed by atoms with van der Waals surface area (Å²) in [5, 5.41) is 3.86. The fourth-order valence-corrected chi connectivity index (χ4v) is 2.89. The molecule has 0 aromatic heterocycles. The minimum absolute atomic E-state index is 0.205. The summed E-state index contributed by atoms with van der Waals surface area (Å²) in [6.45, 7) is 0. The maximum atomic E-state index is 11.9. The van der Waals surface area contributed by atoms with Crippen molar-refractivity contribution in [3.63, 3.8) is 0 Å². The molecular weight excluding hydrogens is 328 g/mol. The Morgan fingerprint density at radius 3 is 2.63 bits per heavy atom. The second-order valence-electron chi connectivity index (χ2n) is 4.37. The minimum Gasteiger partial charge on any atom is -0.200 e. The third-order valence-corrected chi connectivity index (χ3v) is 4.66. The molecule has 6 heteroatoms. The highest BCUT2D eigenvalue weighted by molar-refractivity contribution is 9.10. The average molecular weight is 343 g/mol. The predicted molar refractivity (Wildman–Crippen MR) is 79.4 cm³/mol. The Balaban J connectivity index is 1.99. The molecule has 0 unspecified atom stereocenters. The van der Waals surface area contributed by atoms with E-state index in [-0.39, 0.29) is 4.90 Å². The lowest BCUT2D eigenvalue weighted by Crippen LogP contribution is -2.19. The molecule has 0 radical (unpaired) electrons. The largest absolute Gasteiger partial charge is 0.276 e. The molecule has 1 aliphatic carbocycles. The standard InChI is InChI=1S/C13H15BrN2O2S/c14-12-6-8-13(9-7-12)19(17,18)16-15-10-11-4-2-1-3-5-11/h1-2,6-11,16H,3-5H2/b15-10-/t11-/m1/s1. The van der Waals surface area contributed by atoms with Crippen LogP contribution in [0.1, 0.15) is 19.3 Å². The summed E-state index contributed by atoms with van der Waals surface area (Å²) >= 11 is 3.27. The van der Waals surface area contributed by atoms with Crippen molar-refractivity contribution >= 4 is 32.2 Å². The molecule has 0 bridgehead atoms. The van der Waals surface area contributed by atoms with E-state index in [0.29, 0.717) is 5.92 Å². The Labute approximate surface area is 121 Å². The van der Waals surface area contributed by atoms with E-state index in [1.165, 1.54) is 12.1 Å². The first-order chi connectivity index (χ1) is 9.08. The Kier molecular flexibility index (Phi) is 4.76. The number of allylic oxidation sites excluding steroid dienone is 2. The van der Waals surface area contributed by atoms with Crippen molar-refractivity contribution in [2.75, 3.05) is 0 Å². The number of hydrogen-bond donors (Lipinski definition) is 1. The van der Waals surface area contributed by atoms with E-state index < -0.39 is 10.0 Å². The molecule has 1 aliphatic rings. The van der Waals surface area contributed by atoms with Crippen LogP contribution in [0.15, 0.2) is 50.9 Å². The van der Waals surface area contributed by atoms with E-state index >= 15 is 0 Å². The van der Waals surface area contributed by atoms with Gasteiger partial charge in [0.25, 0.3) is 10.0 Å². The van der Waals surface area contributed by atoms with Gasteiger partial charge in [-0.15, -0.1) is 0 Å².